The summed E-state index contributed by atoms with van der Waals surface area (Å²) < 4.78 is 5.07. The van der Waals surface area contributed by atoms with Crippen LogP contribution < -0.4 is 9.64 Å². The number of benzene rings is 1. The summed E-state index contributed by atoms with van der Waals surface area (Å²) in [6.07, 6.45) is 0. The van der Waals surface area contributed by atoms with Crippen LogP contribution in [0.4, 0.5) is 11.4 Å². The first-order chi connectivity index (χ1) is 9.56. The number of nitro groups is 1. The molecule has 1 aliphatic heterocycles. The molecule has 1 fully saturated rings. The van der Waals surface area contributed by atoms with Crippen LogP contribution in [0, 0.1) is 21.4 Å². The Kier molecular flexibility index (Phi) is 4.05. The quantitative estimate of drug-likeness (QED) is 0.610. The van der Waals surface area contributed by atoms with Crippen molar-refractivity contribution in [2.24, 2.45) is 0 Å². The molecule has 1 heterocycles. The van der Waals surface area contributed by atoms with E-state index in [2.05, 4.69) is 9.80 Å². The molecule has 20 heavy (non-hydrogen) atoms. The second-order valence-corrected chi connectivity index (χ2v) is 4.70. The van der Waals surface area contributed by atoms with Gasteiger partial charge in [-0.15, -0.1) is 0 Å². The maximum atomic E-state index is 11.0. The number of nitriles is 1. The lowest BCUT2D eigenvalue weighted by atomic mass is 10.1. The lowest BCUT2D eigenvalue weighted by Gasteiger charge is -2.34. The first kappa shape index (κ1) is 14.1. The van der Waals surface area contributed by atoms with E-state index >= 15 is 0 Å². The van der Waals surface area contributed by atoms with Crippen molar-refractivity contribution in [2.45, 2.75) is 0 Å². The maximum Gasteiger partial charge on any atom is 0.312 e. The van der Waals surface area contributed by atoms with Gasteiger partial charge in [-0.2, -0.15) is 5.26 Å². The van der Waals surface area contributed by atoms with E-state index in [0.717, 1.165) is 26.2 Å². The van der Waals surface area contributed by atoms with Crippen LogP contribution in [0.25, 0.3) is 0 Å². The monoisotopic (exact) mass is 276 g/mol. The summed E-state index contributed by atoms with van der Waals surface area (Å²) in [4.78, 5) is 14.7. The van der Waals surface area contributed by atoms with E-state index in [1.807, 2.05) is 13.1 Å². The van der Waals surface area contributed by atoms with E-state index in [4.69, 9.17) is 4.74 Å². The number of nitro benzene ring substituents is 1. The van der Waals surface area contributed by atoms with Crippen molar-refractivity contribution in [1.29, 1.82) is 5.26 Å². The molecule has 7 heteroatoms. The van der Waals surface area contributed by atoms with Gasteiger partial charge in [-0.3, -0.25) is 10.1 Å². The van der Waals surface area contributed by atoms with Crippen LogP contribution in [-0.4, -0.2) is 50.2 Å². The van der Waals surface area contributed by atoms with Crippen LogP contribution in [0.15, 0.2) is 12.1 Å². The Morgan fingerprint density at radius 3 is 2.50 bits per heavy atom. The van der Waals surface area contributed by atoms with Crippen LogP contribution in [-0.2, 0) is 0 Å². The number of ether oxygens (including phenoxy) is 1. The van der Waals surface area contributed by atoms with Crippen LogP contribution in [0.1, 0.15) is 5.56 Å². The minimum absolute atomic E-state index is 0.179. The van der Waals surface area contributed by atoms with Gasteiger partial charge < -0.3 is 14.5 Å². The number of nitrogens with zero attached hydrogens (tertiary/aromatic N) is 4. The second kappa shape index (κ2) is 5.75. The highest BCUT2D eigenvalue weighted by molar-refractivity contribution is 5.68. The average Bonchev–Trinajstić information content (AvgIpc) is 2.46. The highest BCUT2D eigenvalue weighted by Gasteiger charge is 2.23. The minimum atomic E-state index is -0.534. The highest BCUT2D eigenvalue weighted by atomic mass is 16.6. The molecule has 0 radical (unpaired) electrons. The zero-order valence-corrected chi connectivity index (χ0v) is 11.5. The Morgan fingerprint density at radius 2 is 2.00 bits per heavy atom. The van der Waals surface area contributed by atoms with Crippen molar-refractivity contribution in [3.8, 4) is 11.8 Å². The smallest absolute Gasteiger partial charge is 0.312 e. The molecular weight excluding hydrogens is 260 g/mol. The summed E-state index contributed by atoms with van der Waals surface area (Å²) >= 11 is 0. The molecule has 0 saturated carbocycles. The molecule has 1 saturated heterocycles. The summed E-state index contributed by atoms with van der Waals surface area (Å²) in [7, 11) is 3.43. The Bertz CT molecular complexity index is 559. The molecule has 1 aromatic carbocycles. The topological polar surface area (TPSA) is 82.6 Å². The Morgan fingerprint density at radius 1 is 1.35 bits per heavy atom. The van der Waals surface area contributed by atoms with Gasteiger partial charge in [0, 0.05) is 38.3 Å². The van der Waals surface area contributed by atoms with Gasteiger partial charge in [-0.25, -0.2) is 0 Å². The number of anilines is 1. The number of hydrogen-bond donors (Lipinski definition) is 0. The predicted molar refractivity (Wildman–Crippen MR) is 74.1 cm³/mol. The van der Waals surface area contributed by atoms with Crippen molar-refractivity contribution in [2.75, 3.05) is 45.2 Å². The number of piperazine rings is 1. The number of hydrogen-bond acceptors (Lipinski definition) is 6. The molecule has 0 N–H and O–H groups in total. The lowest BCUT2D eigenvalue weighted by molar-refractivity contribution is -0.385. The number of likely N-dealkylation sites (N-methyl/N-ethyl adjacent to an activating group) is 1. The Hall–Kier alpha value is -2.33. The van der Waals surface area contributed by atoms with Gasteiger partial charge in [0.15, 0.2) is 5.75 Å². The standard InChI is InChI=1S/C13H16N4O3/c1-15-3-5-16(6-4-15)11-8-13(20-2)12(17(18)19)7-10(11)9-14/h7-8H,3-6H2,1-2H3. The van der Waals surface area contributed by atoms with Crippen LogP contribution >= 0.6 is 0 Å². The number of methoxy groups -OCH3 is 1. The van der Waals surface area contributed by atoms with E-state index in [0.29, 0.717) is 11.3 Å². The summed E-state index contributed by atoms with van der Waals surface area (Å²) in [5.74, 6) is 0.183. The van der Waals surface area contributed by atoms with Gasteiger partial charge in [-0.1, -0.05) is 0 Å². The maximum absolute atomic E-state index is 11.0. The molecule has 2 rings (SSSR count). The first-order valence-corrected chi connectivity index (χ1v) is 6.27. The van der Waals surface area contributed by atoms with Crippen LogP contribution in [0.3, 0.4) is 0 Å². The molecule has 0 bridgehead atoms. The molecule has 1 aliphatic rings. The summed E-state index contributed by atoms with van der Waals surface area (Å²) in [6.45, 7) is 3.35. The fourth-order valence-electron chi connectivity index (χ4n) is 2.26. The molecule has 106 valence electrons. The second-order valence-electron chi connectivity index (χ2n) is 4.70. The zero-order valence-electron chi connectivity index (χ0n) is 11.5. The van der Waals surface area contributed by atoms with E-state index < -0.39 is 4.92 Å². The van der Waals surface area contributed by atoms with Crippen molar-refractivity contribution >= 4 is 11.4 Å². The van der Waals surface area contributed by atoms with E-state index in [-0.39, 0.29) is 11.4 Å². The van der Waals surface area contributed by atoms with Gasteiger partial charge in [0.05, 0.1) is 23.3 Å². The minimum Gasteiger partial charge on any atom is -0.490 e. The molecular formula is C13H16N4O3. The molecule has 7 nitrogen and oxygen atoms in total. The normalized spacial score (nSPS) is 15.8. The first-order valence-electron chi connectivity index (χ1n) is 6.27. The largest absolute Gasteiger partial charge is 0.490 e. The average molecular weight is 276 g/mol. The van der Waals surface area contributed by atoms with Gasteiger partial charge >= 0.3 is 5.69 Å². The van der Waals surface area contributed by atoms with Crippen molar-refractivity contribution < 1.29 is 9.66 Å². The van der Waals surface area contributed by atoms with E-state index in [1.54, 1.807) is 6.07 Å². The lowest BCUT2D eigenvalue weighted by Crippen LogP contribution is -2.44. The third kappa shape index (κ3) is 2.65. The van der Waals surface area contributed by atoms with Crippen molar-refractivity contribution in [3.63, 3.8) is 0 Å². The molecule has 0 spiro atoms. The van der Waals surface area contributed by atoms with Gasteiger partial charge in [0.25, 0.3) is 0 Å². The summed E-state index contributed by atoms with van der Waals surface area (Å²) in [5, 5.41) is 20.2. The molecule has 0 amide bonds. The SMILES string of the molecule is COc1cc(N2CCN(C)CC2)c(C#N)cc1[N+](=O)[O-]. The highest BCUT2D eigenvalue weighted by Crippen LogP contribution is 2.35. The zero-order chi connectivity index (χ0) is 14.7. The fourth-order valence-corrected chi connectivity index (χ4v) is 2.26. The van der Waals surface area contributed by atoms with E-state index in [9.17, 15) is 15.4 Å². The molecule has 0 unspecified atom stereocenters. The van der Waals surface area contributed by atoms with E-state index in [1.165, 1.54) is 13.2 Å². The molecule has 0 atom stereocenters. The summed E-state index contributed by atoms with van der Waals surface area (Å²) in [6, 6.07) is 4.90. The molecule has 0 aromatic heterocycles. The Balaban J connectivity index is 2.42. The van der Waals surface area contributed by atoms with Gasteiger partial charge in [0.2, 0.25) is 0 Å². The third-order valence-corrected chi connectivity index (χ3v) is 3.46. The van der Waals surface area contributed by atoms with Crippen LogP contribution in [0.5, 0.6) is 5.75 Å². The third-order valence-electron chi connectivity index (χ3n) is 3.46. The molecule has 1 aromatic rings. The Labute approximate surface area is 117 Å². The predicted octanol–water partition coefficient (Wildman–Crippen LogP) is 1.23. The van der Waals surface area contributed by atoms with Crippen LogP contribution in [0.2, 0.25) is 0 Å². The number of rotatable bonds is 3. The van der Waals surface area contributed by atoms with Crippen molar-refractivity contribution in [3.05, 3.63) is 27.8 Å². The van der Waals surface area contributed by atoms with Gasteiger partial charge in [0.1, 0.15) is 6.07 Å². The van der Waals surface area contributed by atoms with Crippen molar-refractivity contribution in [1.82, 2.24) is 4.90 Å². The molecule has 0 aliphatic carbocycles. The fraction of sp³-hybridized carbons (Fsp3) is 0.462. The van der Waals surface area contributed by atoms with Gasteiger partial charge in [-0.05, 0) is 7.05 Å². The summed E-state index contributed by atoms with van der Waals surface area (Å²) in [5.41, 5.74) is 0.826.